The first-order valence-electron chi connectivity index (χ1n) is 11.5. The summed E-state index contributed by atoms with van der Waals surface area (Å²) in [5, 5.41) is 19.3. The Kier molecular flexibility index (Phi) is 4.19. The van der Waals surface area contributed by atoms with Crippen molar-refractivity contribution in [1.82, 2.24) is 0 Å². The van der Waals surface area contributed by atoms with E-state index in [1.165, 1.54) is 22.3 Å². The van der Waals surface area contributed by atoms with Gasteiger partial charge in [-0.1, -0.05) is 98.9 Å². The van der Waals surface area contributed by atoms with E-state index in [1.807, 2.05) is 48.5 Å². The molecule has 2 aromatic carbocycles. The van der Waals surface area contributed by atoms with Crippen LogP contribution in [-0.4, -0.2) is 0 Å². The molecule has 0 bridgehead atoms. The molecule has 0 spiro atoms. The van der Waals surface area contributed by atoms with Crippen molar-refractivity contribution in [1.29, 1.82) is 10.5 Å². The highest BCUT2D eigenvalue weighted by atomic mass is 14.6. The predicted octanol–water partition coefficient (Wildman–Crippen LogP) is 7.23. The standard InChI is InChI=1S/C32H22N2/c1-31-25-11-13-27-17-24(30-10-6-4-8-22(30)20-34)18-28(32(27,31)2)14-12-26(31)16-23(15-25)29-9-5-3-7-21(29)19-33/h3-18H,1-2H3. The summed E-state index contributed by atoms with van der Waals surface area (Å²) in [4.78, 5) is 0. The SMILES string of the molecule is CC12C3=CC=C4C=C(c5ccccc5C#N)C=C(C=CC1=CC(c1ccccc1C#N)=C3)C42C. The zero-order valence-corrected chi connectivity index (χ0v) is 19.1. The molecule has 0 amide bonds. The highest BCUT2D eigenvalue weighted by Crippen LogP contribution is 2.66. The fourth-order valence-corrected chi connectivity index (χ4v) is 6.01. The van der Waals surface area contributed by atoms with Crippen LogP contribution >= 0.6 is 0 Å². The molecule has 2 heteroatoms. The van der Waals surface area contributed by atoms with Crippen LogP contribution in [0.15, 0.2) is 119 Å². The maximum atomic E-state index is 9.64. The first kappa shape index (κ1) is 20.2. The lowest BCUT2D eigenvalue weighted by atomic mass is 9.46. The van der Waals surface area contributed by atoms with E-state index in [0.717, 1.165) is 22.3 Å². The summed E-state index contributed by atoms with van der Waals surface area (Å²) in [5.41, 5.74) is 10.0. The Hall–Kier alpha value is -4.40. The van der Waals surface area contributed by atoms with E-state index < -0.39 is 0 Å². The Labute approximate surface area is 200 Å². The van der Waals surface area contributed by atoms with Gasteiger partial charge in [0.15, 0.2) is 0 Å². The minimum atomic E-state index is -0.223. The smallest absolute Gasteiger partial charge is 0.0998 e. The van der Waals surface area contributed by atoms with Crippen molar-refractivity contribution < 1.29 is 0 Å². The molecule has 0 aromatic heterocycles. The highest BCUT2D eigenvalue weighted by molar-refractivity contribution is 5.88. The second kappa shape index (κ2) is 7.05. The molecule has 4 aliphatic carbocycles. The van der Waals surface area contributed by atoms with Crippen LogP contribution < -0.4 is 0 Å². The van der Waals surface area contributed by atoms with Crippen LogP contribution in [0.25, 0.3) is 11.1 Å². The monoisotopic (exact) mass is 434 g/mol. The third-order valence-electron chi connectivity index (χ3n) is 8.16. The molecule has 34 heavy (non-hydrogen) atoms. The highest BCUT2D eigenvalue weighted by Gasteiger charge is 2.56. The van der Waals surface area contributed by atoms with Crippen LogP contribution in [0.2, 0.25) is 0 Å². The van der Waals surface area contributed by atoms with Crippen LogP contribution in [-0.2, 0) is 0 Å². The molecule has 0 fully saturated rings. The zero-order chi connectivity index (χ0) is 23.5. The second-order valence-electron chi connectivity index (χ2n) is 9.54. The summed E-state index contributed by atoms with van der Waals surface area (Å²) in [5.74, 6) is 0. The van der Waals surface area contributed by atoms with E-state index in [1.54, 1.807) is 0 Å². The van der Waals surface area contributed by atoms with Gasteiger partial charge < -0.3 is 0 Å². The molecule has 2 atom stereocenters. The number of benzene rings is 2. The van der Waals surface area contributed by atoms with Gasteiger partial charge >= 0.3 is 0 Å². The quantitative estimate of drug-likeness (QED) is 0.501. The Bertz CT molecular complexity index is 1470. The lowest BCUT2D eigenvalue weighted by Crippen LogP contribution is -2.47. The van der Waals surface area contributed by atoms with Crippen molar-refractivity contribution in [2.45, 2.75) is 13.8 Å². The molecule has 2 unspecified atom stereocenters. The molecule has 0 saturated carbocycles. The molecule has 2 nitrogen and oxygen atoms in total. The van der Waals surface area contributed by atoms with E-state index in [4.69, 9.17) is 0 Å². The Morgan fingerprint density at radius 3 is 1.38 bits per heavy atom. The molecule has 0 N–H and O–H groups in total. The van der Waals surface area contributed by atoms with Crippen LogP contribution in [0.3, 0.4) is 0 Å². The summed E-state index contributed by atoms with van der Waals surface area (Å²) in [6.45, 7) is 4.67. The maximum absolute atomic E-state index is 9.64. The molecule has 2 aromatic rings. The first-order chi connectivity index (χ1) is 16.5. The van der Waals surface area contributed by atoms with Crippen LogP contribution in [0, 0.1) is 33.5 Å². The van der Waals surface area contributed by atoms with Crippen molar-refractivity contribution in [2.75, 3.05) is 0 Å². The molecule has 160 valence electrons. The molecule has 0 saturated heterocycles. The van der Waals surface area contributed by atoms with Crippen LogP contribution in [0.5, 0.6) is 0 Å². The minimum Gasteiger partial charge on any atom is -0.192 e. The Morgan fingerprint density at radius 2 is 0.971 bits per heavy atom. The molecule has 0 radical (unpaired) electrons. The molecular formula is C32H22N2. The summed E-state index contributed by atoms with van der Waals surface area (Å²) in [6.07, 6.45) is 17.9. The average molecular weight is 435 g/mol. The van der Waals surface area contributed by atoms with Gasteiger partial charge in [-0.2, -0.15) is 10.5 Å². The van der Waals surface area contributed by atoms with Crippen molar-refractivity contribution in [3.63, 3.8) is 0 Å². The summed E-state index contributed by atoms with van der Waals surface area (Å²) < 4.78 is 0. The van der Waals surface area contributed by atoms with Gasteiger partial charge in [-0.25, -0.2) is 0 Å². The average Bonchev–Trinajstić information content (AvgIpc) is 2.87. The number of hydrogen-bond donors (Lipinski definition) is 0. The van der Waals surface area contributed by atoms with Gasteiger partial charge in [0, 0.05) is 10.8 Å². The van der Waals surface area contributed by atoms with Gasteiger partial charge in [-0.15, -0.1) is 0 Å². The van der Waals surface area contributed by atoms with Crippen molar-refractivity contribution in [2.24, 2.45) is 10.8 Å². The topological polar surface area (TPSA) is 47.6 Å². The van der Waals surface area contributed by atoms with Gasteiger partial charge in [-0.05, 0) is 56.7 Å². The van der Waals surface area contributed by atoms with Gasteiger partial charge in [0.05, 0.1) is 23.3 Å². The third kappa shape index (κ3) is 2.49. The van der Waals surface area contributed by atoms with E-state index in [2.05, 4.69) is 74.6 Å². The Balaban J connectivity index is 1.57. The third-order valence-corrected chi connectivity index (χ3v) is 8.16. The number of nitrogens with zero attached hydrogens (tertiary/aromatic N) is 2. The molecule has 6 rings (SSSR count). The first-order valence-corrected chi connectivity index (χ1v) is 11.5. The fraction of sp³-hybridized carbons (Fsp3) is 0.125. The zero-order valence-electron chi connectivity index (χ0n) is 19.1. The summed E-state index contributed by atoms with van der Waals surface area (Å²) in [6, 6.07) is 20.3. The van der Waals surface area contributed by atoms with E-state index >= 15 is 0 Å². The Morgan fingerprint density at radius 1 is 0.559 bits per heavy atom. The lowest BCUT2D eigenvalue weighted by Gasteiger charge is -2.56. The van der Waals surface area contributed by atoms with Gasteiger partial charge in [0.1, 0.15) is 0 Å². The minimum absolute atomic E-state index is 0.223. The van der Waals surface area contributed by atoms with Crippen LogP contribution in [0.1, 0.15) is 36.1 Å². The van der Waals surface area contributed by atoms with Gasteiger partial charge in [0.25, 0.3) is 0 Å². The van der Waals surface area contributed by atoms with Crippen molar-refractivity contribution in [3.05, 3.63) is 142 Å². The number of hydrogen-bond acceptors (Lipinski definition) is 2. The second-order valence-corrected chi connectivity index (χ2v) is 9.54. The number of nitriles is 2. The summed E-state index contributed by atoms with van der Waals surface area (Å²) in [7, 11) is 0. The molecule has 0 heterocycles. The number of allylic oxidation sites excluding steroid dienone is 14. The molecule has 4 aliphatic rings. The lowest BCUT2D eigenvalue weighted by molar-refractivity contribution is 0.250. The van der Waals surface area contributed by atoms with Gasteiger partial charge in [0.2, 0.25) is 0 Å². The van der Waals surface area contributed by atoms with Crippen molar-refractivity contribution >= 4 is 11.1 Å². The molecular weight excluding hydrogens is 412 g/mol. The largest absolute Gasteiger partial charge is 0.192 e. The predicted molar refractivity (Wildman–Crippen MR) is 136 cm³/mol. The van der Waals surface area contributed by atoms with E-state index in [0.29, 0.717) is 11.1 Å². The van der Waals surface area contributed by atoms with Gasteiger partial charge in [-0.3, -0.25) is 0 Å². The van der Waals surface area contributed by atoms with E-state index in [9.17, 15) is 10.5 Å². The molecule has 0 aliphatic heterocycles. The normalized spacial score (nSPS) is 25.9. The van der Waals surface area contributed by atoms with Crippen LogP contribution in [0.4, 0.5) is 0 Å². The maximum Gasteiger partial charge on any atom is 0.0998 e. The summed E-state index contributed by atoms with van der Waals surface area (Å²) >= 11 is 0. The van der Waals surface area contributed by atoms with E-state index in [-0.39, 0.29) is 10.8 Å². The van der Waals surface area contributed by atoms with Crippen molar-refractivity contribution in [3.8, 4) is 12.1 Å². The fourth-order valence-electron chi connectivity index (χ4n) is 6.01. The number of rotatable bonds is 2.